The van der Waals surface area contributed by atoms with E-state index in [0.717, 1.165) is 12.5 Å². The molecule has 0 aromatic carbocycles. The molecule has 1 unspecified atom stereocenters. The van der Waals surface area contributed by atoms with E-state index in [9.17, 15) is 0 Å². The van der Waals surface area contributed by atoms with E-state index in [0.29, 0.717) is 11.6 Å². The predicted molar refractivity (Wildman–Crippen MR) is 78.0 cm³/mol. The van der Waals surface area contributed by atoms with Crippen molar-refractivity contribution in [3.05, 3.63) is 0 Å². The van der Waals surface area contributed by atoms with E-state index in [1.54, 1.807) is 0 Å². The van der Waals surface area contributed by atoms with Gasteiger partial charge in [0.2, 0.25) is 0 Å². The number of nitrogens with zero attached hydrogens (tertiary/aromatic N) is 2. The van der Waals surface area contributed by atoms with E-state index < -0.39 is 0 Å². The number of likely N-dealkylation sites (N-methyl/N-ethyl adjacent to an activating group) is 1. The molecule has 0 spiro atoms. The standard InChI is InChI=1S/C15H31N3/c1-13(11-14-5-6-14)16-12-15(2,3)18-9-7-17(4)8-10-18/h13-14,16H,5-12H2,1-4H3. The highest BCUT2D eigenvalue weighted by atomic mass is 15.3. The summed E-state index contributed by atoms with van der Waals surface area (Å²) in [5.74, 6) is 1.03. The molecule has 3 nitrogen and oxygen atoms in total. The smallest absolute Gasteiger partial charge is 0.0278 e. The lowest BCUT2D eigenvalue weighted by atomic mass is 10.0. The fourth-order valence-corrected chi connectivity index (χ4v) is 2.88. The second-order valence-corrected chi connectivity index (χ2v) is 7.06. The summed E-state index contributed by atoms with van der Waals surface area (Å²) >= 11 is 0. The third-order valence-electron chi connectivity index (χ3n) is 4.63. The Morgan fingerprint density at radius 2 is 1.78 bits per heavy atom. The molecule has 0 bridgehead atoms. The number of rotatable bonds is 6. The van der Waals surface area contributed by atoms with Crippen LogP contribution in [0.3, 0.4) is 0 Å². The van der Waals surface area contributed by atoms with Crippen LogP contribution in [-0.4, -0.2) is 61.2 Å². The van der Waals surface area contributed by atoms with Crippen LogP contribution in [0.15, 0.2) is 0 Å². The van der Waals surface area contributed by atoms with Gasteiger partial charge in [-0.15, -0.1) is 0 Å². The van der Waals surface area contributed by atoms with Crippen LogP contribution < -0.4 is 5.32 Å². The molecule has 2 fully saturated rings. The molecule has 1 saturated heterocycles. The lowest BCUT2D eigenvalue weighted by Gasteiger charge is -2.44. The molecule has 18 heavy (non-hydrogen) atoms. The van der Waals surface area contributed by atoms with E-state index in [1.165, 1.54) is 45.4 Å². The molecule has 1 aliphatic heterocycles. The number of hydrogen-bond donors (Lipinski definition) is 1. The SMILES string of the molecule is CC(CC1CC1)NCC(C)(C)N1CCN(C)CC1. The summed E-state index contributed by atoms with van der Waals surface area (Å²) < 4.78 is 0. The molecule has 1 atom stereocenters. The Kier molecular flexibility index (Phi) is 4.68. The van der Waals surface area contributed by atoms with Crippen molar-refractivity contribution in [2.24, 2.45) is 5.92 Å². The first kappa shape index (κ1) is 14.3. The second kappa shape index (κ2) is 5.89. The minimum absolute atomic E-state index is 0.291. The first-order chi connectivity index (χ1) is 8.47. The summed E-state index contributed by atoms with van der Waals surface area (Å²) in [5, 5.41) is 3.75. The highest BCUT2D eigenvalue weighted by Gasteiger charge is 2.30. The van der Waals surface area contributed by atoms with Crippen LogP contribution in [0.2, 0.25) is 0 Å². The van der Waals surface area contributed by atoms with Crippen LogP contribution in [0.1, 0.15) is 40.0 Å². The van der Waals surface area contributed by atoms with Crippen molar-refractivity contribution in [2.75, 3.05) is 39.8 Å². The van der Waals surface area contributed by atoms with Gasteiger partial charge in [-0.2, -0.15) is 0 Å². The Balaban J connectivity index is 1.71. The van der Waals surface area contributed by atoms with Crippen molar-refractivity contribution in [3.63, 3.8) is 0 Å². The maximum absolute atomic E-state index is 3.75. The summed E-state index contributed by atoms with van der Waals surface area (Å²) in [5.41, 5.74) is 0.291. The summed E-state index contributed by atoms with van der Waals surface area (Å²) in [6.45, 7) is 13.1. The van der Waals surface area contributed by atoms with Crippen molar-refractivity contribution in [1.82, 2.24) is 15.1 Å². The Bertz CT molecular complexity index is 252. The van der Waals surface area contributed by atoms with Crippen LogP contribution >= 0.6 is 0 Å². The maximum atomic E-state index is 3.75. The van der Waals surface area contributed by atoms with E-state index in [4.69, 9.17) is 0 Å². The Morgan fingerprint density at radius 3 is 2.33 bits per heavy atom. The fourth-order valence-electron chi connectivity index (χ4n) is 2.88. The summed E-state index contributed by atoms with van der Waals surface area (Å²) in [7, 11) is 2.22. The molecule has 1 aliphatic carbocycles. The maximum Gasteiger partial charge on any atom is 0.0278 e. The fraction of sp³-hybridized carbons (Fsp3) is 1.00. The molecule has 0 radical (unpaired) electrons. The average molecular weight is 253 g/mol. The number of hydrogen-bond acceptors (Lipinski definition) is 3. The third kappa shape index (κ3) is 4.22. The van der Waals surface area contributed by atoms with Crippen molar-refractivity contribution in [3.8, 4) is 0 Å². The highest BCUT2D eigenvalue weighted by Crippen LogP contribution is 2.33. The molecule has 2 rings (SSSR count). The van der Waals surface area contributed by atoms with Crippen molar-refractivity contribution < 1.29 is 0 Å². The first-order valence-corrected chi connectivity index (χ1v) is 7.64. The van der Waals surface area contributed by atoms with E-state index >= 15 is 0 Å². The van der Waals surface area contributed by atoms with E-state index in [1.807, 2.05) is 0 Å². The molecular formula is C15H31N3. The van der Waals surface area contributed by atoms with Gasteiger partial charge in [-0.1, -0.05) is 12.8 Å². The van der Waals surface area contributed by atoms with Gasteiger partial charge in [-0.05, 0) is 40.2 Å². The number of nitrogens with one attached hydrogen (secondary N) is 1. The summed E-state index contributed by atoms with van der Waals surface area (Å²) in [6.07, 6.45) is 4.31. The van der Waals surface area contributed by atoms with Gasteiger partial charge >= 0.3 is 0 Å². The predicted octanol–water partition coefficient (Wildman–Crippen LogP) is 1.79. The molecule has 0 aromatic heterocycles. The normalized spacial score (nSPS) is 25.3. The zero-order valence-corrected chi connectivity index (χ0v) is 12.7. The van der Waals surface area contributed by atoms with Crippen molar-refractivity contribution >= 4 is 0 Å². The van der Waals surface area contributed by atoms with Crippen LogP contribution in [0.25, 0.3) is 0 Å². The van der Waals surface area contributed by atoms with Crippen molar-refractivity contribution in [1.29, 1.82) is 0 Å². The minimum Gasteiger partial charge on any atom is -0.312 e. The van der Waals surface area contributed by atoms with Gasteiger partial charge in [-0.3, -0.25) is 4.90 Å². The zero-order valence-electron chi connectivity index (χ0n) is 12.7. The van der Waals surface area contributed by atoms with Gasteiger partial charge in [0.05, 0.1) is 0 Å². The Morgan fingerprint density at radius 1 is 1.17 bits per heavy atom. The topological polar surface area (TPSA) is 18.5 Å². The van der Waals surface area contributed by atoms with Gasteiger partial charge in [0.25, 0.3) is 0 Å². The molecule has 0 aromatic rings. The molecule has 1 saturated carbocycles. The van der Waals surface area contributed by atoms with E-state index in [2.05, 4.69) is 42.9 Å². The van der Waals surface area contributed by atoms with Gasteiger partial charge in [0.15, 0.2) is 0 Å². The molecule has 1 heterocycles. The summed E-state index contributed by atoms with van der Waals surface area (Å²) in [6, 6.07) is 0.684. The molecule has 2 aliphatic rings. The zero-order chi connectivity index (χ0) is 13.2. The molecular weight excluding hydrogens is 222 g/mol. The van der Waals surface area contributed by atoms with Crippen LogP contribution in [0.4, 0.5) is 0 Å². The number of piperazine rings is 1. The average Bonchev–Trinajstić information content (AvgIpc) is 3.11. The van der Waals surface area contributed by atoms with Gasteiger partial charge in [-0.25, -0.2) is 0 Å². The van der Waals surface area contributed by atoms with E-state index in [-0.39, 0.29) is 0 Å². The monoisotopic (exact) mass is 253 g/mol. The second-order valence-electron chi connectivity index (χ2n) is 7.06. The van der Waals surface area contributed by atoms with Gasteiger partial charge in [0, 0.05) is 44.3 Å². The highest BCUT2D eigenvalue weighted by molar-refractivity contribution is 4.88. The minimum atomic E-state index is 0.291. The first-order valence-electron chi connectivity index (χ1n) is 7.64. The lowest BCUT2D eigenvalue weighted by molar-refractivity contribution is 0.0602. The van der Waals surface area contributed by atoms with Crippen LogP contribution in [0, 0.1) is 5.92 Å². The largest absolute Gasteiger partial charge is 0.312 e. The van der Waals surface area contributed by atoms with Crippen LogP contribution in [0.5, 0.6) is 0 Å². The van der Waals surface area contributed by atoms with Gasteiger partial charge < -0.3 is 10.2 Å². The Hall–Kier alpha value is -0.120. The molecule has 1 N–H and O–H groups in total. The lowest BCUT2D eigenvalue weighted by Crippen LogP contribution is -2.58. The molecule has 106 valence electrons. The third-order valence-corrected chi connectivity index (χ3v) is 4.63. The Labute approximate surface area is 113 Å². The quantitative estimate of drug-likeness (QED) is 0.778. The molecule has 3 heteroatoms. The summed E-state index contributed by atoms with van der Waals surface area (Å²) in [4.78, 5) is 5.07. The van der Waals surface area contributed by atoms with Gasteiger partial charge in [0.1, 0.15) is 0 Å². The van der Waals surface area contributed by atoms with Crippen molar-refractivity contribution in [2.45, 2.75) is 51.6 Å². The molecule has 0 amide bonds. The van der Waals surface area contributed by atoms with Crippen LogP contribution in [-0.2, 0) is 0 Å².